The quantitative estimate of drug-likeness (QED) is 0.551. The Morgan fingerprint density at radius 1 is 1.18 bits per heavy atom. The molecule has 8 nitrogen and oxygen atoms in total. The second-order valence-electron chi connectivity index (χ2n) is 9.19. The molecule has 3 N–H and O–H groups in total. The van der Waals surface area contributed by atoms with Crippen LogP contribution in [0.1, 0.15) is 42.8 Å². The summed E-state index contributed by atoms with van der Waals surface area (Å²) >= 11 is 0. The van der Waals surface area contributed by atoms with E-state index in [4.69, 9.17) is 11.0 Å². The molecule has 0 amide bonds. The summed E-state index contributed by atoms with van der Waals surface area (Å²) in [5.74, 6) is -0.477. The standard InChI is InChI=1S/C24H28F2N8/c1-14-19-13-29-20(34-7-5-24(2,6-8-34)33(3)4)11-17(19)23(32-31-14)30-22(28)18-10-16(25)9-15(12-27)21(18)26/h9-11,13,22H,5-8,28H2,1-4H3,(H,30,32)/t22-/m0/s1. The largest absolute Gasteiger partial charge is 0.356 e. The summed E-state index contributed by atoms with van der Waals surface area (Å²) in [6, 6.07) is 5.38. The molecule has 3 heterocycles. The van der Waals surface area contributed by atoms with Crippen molar-refractivity contribution in [3.05, 3.63) is 52.9 Å². The van der Waals surface area contributed by atoms with Crippen molar-refractivity contribution in [3.8, 4) is 6.07 Å². The van der Waals surface area contributed by atoms with Gasteiger partial charge in [0.1, 0.15) is 29.7 Å². The Balaban J connectivity index is 1.66. The van der Waals surface area contributed by atoms with Gasteiger partial charge < -0.3 is 20.9 Å². The lowest BCUT2D eigenvalue weighted by atomic mass is 9.88. The summed E-state index contributed by atoms with van der Waals surface area (Å²) in [7, 11) is 4.21. The van der Waals surface area contributed by atoms with Gasteiger partial charge in [-0.15, -0.1) is 5.10 Å². The van der Waals surface area contributed by atoms with Gasteiger partial charge >= 0.3 is 0 Å². The number of anilines is 2. The maximum atomic E-state index is 14.6. The summed E-state index contributed by atoms with van der Waals surface area (Å²) in [6.45, 7) is 5.82. The van der Waals surface area contributed by atoms with Crippen LogP contribution < -0.4 is 16.0 Å². The topological polar surface area (TPSA) is 107 Å². The second kappa shape index (κ2) is 9.08. The molecular weight excluding hydrogens is 438 g/mol. The number of nitrogens with zero attached hydrogens (tertiary/aromatic N) is 6. The van der Waals surface area contributed by atoms with Crippen molar-refractivity contribution >= 4 is 22.4 Å². The number of aryl methyl sites for hydroxylation is 1. The van der Waals surface area contributed by atoms with Crippen molar-refractivity contribution in [2.45, 2.75) is 38.4 Å². The van der Waals surface area contributed by atoms with E-state index in [0.29, 0.717) is 11.5 Å². The van der Waals surface area contributed by atoms with Crippen molar-refractivity contribution in [2.24, 2.45) is 5.73 Å². The van der Waals surface area contributed by atoms with Crippen molar-refractivity contribution in [1.29, 1.82) is 5.26 Å². The Morgan fingerprint density at radius 3 is 2.53 bits per heavy atom. The molecule has 0 saturated carbocycles. The fourth-order valence-electron chi connectivity index (χ4n) is 4.25. The summed E-state index contributed by atoms with van der Waals surface area (Å²) in [5.41, 5.74) is 6.42. The smallest absolute Gasteiger partial charge is 0.158 e. The van der Waals surface area contributed by atoms with Crippen LogP contribution in [0.2, 0.25) is 0 Å². The van der Waals surface area contributed by atoms with Crippen LogP contribution in [0.4, 0.5) is 20.4 Å². The molecule has 1 aromatic carbocycles. The molecular formula is C24H28F2N8. The molecule has 4 rings (SSSR count). The fraction of sp³-hybridized carbons (Fsp3) is 0.417. The first-order chi connectivity index (χ1) is 16.1. The van der Waals surface area contributed by atoms with Gasteiger partial charge in [-0.2, -0.15) is 10.4 Å². The van der Waals surface area contributed by atoms with Crippen LogP contribution in [0, 0.1) is 29.9 Å². The van der Waals surface area contributed by atoms with Crippen LogP contribution in [0.15, 0.2) is 24.4 Å². The van der Waals surface area contributed by atoms with Gasteiger partial charge in [-0.3, -0.25) is 0 Å². The lowest BCUT2D eigenvalue weighted by Gasteiger charge is -2.44. The van der Waals surface area contributed by atoms with Gasteiger partial charge in [-0.05, 0) is 59.0 Å². The molecule has 178 valence electrons. The third-order valence-corrected chi connectivity index (χ3v) is 6.89. The van der Waals surface area contributed by atoms with E-state index in [2.05, 4.69) is 51.3 Å². The minimum absolute atomic E-state index is 0.145. The highest BCUT2D eigenvalue weighted by Gasteiger charge is 2.32. The summed E-state index contributed by atoms with van der Waals surface area (Å²) in [5, 5.41) is 21.9. The van der Waals surface area contributed by atoms with E-state index in [1.807, 2.05) is 13.0 Å². The number of piperidine rings is 1. The first kappa shape index (κ1) is 23.7. The SMILES string of the molecule is Cc1nnc(N[C@H](N)c2cc(F)cc(C#N)c2F)c2cc(N3CCC(C)(N(C)C)CC3)ncc12. The highest BCUT2D eigenvalue weighted by Crippen LogP contribution is 2.32. The monoisotopic (exact) mass is 466 g/mol. The van der Waals surface area contributed by atoms with Gasteiger partial charge in [-0.1, -0.05) is 0 Å². The first-order valence-electron chi connectivity index (χ1n) is 11.1. The van der Waals surface area contributed by atoms with E-state index < -0.39 is 23.4 Å². The Labute approximate surface area is 197 Å². The maximum absolute atomic E-state index is 14.6. The third kappa shape index (κ3) is 4.36. The highest BCUT2D eigenvalue weighted by atomic mass is 19.1. The molecule has 10 heteroatoms. The number of hydrogen-bond donors (Lipinski definition) is 2. The van der Waals surface area contributed by atoms with Crippen molar-refractivity contribution in [1.82, 2.24) is 20.1 Å². The Hall–Kier alpha value is -3.42. The van der Waals surface area contributed by atoms with Crippen LogP contribution in [0.25, 0.3) is 10.8 Å². The number of nitrogens with two attached hydrogens (primary N) is 1. The molecule has 1 fully saturated rings. The predicted octanol–water partition coefficient (Wildman–Crippen LogP) is 3.47. The normalized spacial score (nSPS) is 16.5. The van der Waals surface area contributed by atoms with Gasteiger partial charge in [0.25, 0.3) is 0 Å². The molecule has 0 bridgehead atoms. The summed E-state index contributed by atoms with van der Waals surface area (Å²) < 4.78 is 28.6. The molecule has 1 atom stereocenters. The Morgan fingerprint density at radius 2 is 1.88 bits per heavy atom. The third-order valence-electron chi connectivity index (χ3n) is 6.89. The second-order valence-corrected chi connectivity index (χ2v) is 9.19. The van der Waals surface area contributed by atoms with Crippen molar-refractivity contribution in [2.75, 3.05) is 37.4 Å². The van der Waals surface area contributed by atoms with Crippen LogP contribution in [0.3, 0.4) is 0 Å². The molecule has 0 spiro atoms. The number of nitrogens with one attached hydrogen (secondary N) is 1. The molecule has 34 heavy (non-hydrogen) atoms. The zero-order valence-electron chi connectivity index (χ0n) is 19.7. The molecule has 1 aliphatic heterocycles. The molecule has 1 aliphatic rings. The molecule has 1 saturated heterocycles. The van der Waals surface area contributed by atoms with Gasteiger partial charge in [0, 0.05) is 41.2 Å². The number of aromatic nitrogens is 3. The van der Waals surface area contributed by atoms with Gasteiger partial charge in [0.05, 0.1) is 11.3 Å². The number of rotatable bonds is 5. The average Bonchev–Trinajstić information content (AvgIpc) is 2.82. The zero-order chi connectivity index (χ0) is 24.6. The fourth-order valence-corrected chi connectivity index (χ4v) is 4.25. The number of halogens is 2. The average molecular weight is 467 g/mol. The minimum atomic E-state index is -1.14. The van der Waals surface area contributed by atoms with E-state index in [0.717, 1.165) is 54.7 Å². The van der Waals surface area contributed by atoms with Crippen LogP contribution in [-0.4, -0.2) is 52.8 Å². The van der Waals surface area contributed by atoms with Crippen LogP contribution in [0.5, 0.6) is 0 Å². The summed E-state index contributed by atoms with van der Waals surface area (Å²) in [6.07, 6.45) is 2.62. The van der Waals surface area contributed by atoms with E-state index in [9.17, 15) is 8.78 Å². The van der Waals surface area contributed by atoms with E-state index >= 15 is 0 Å². The molecule has 0 radical (unpaired) electrons. The molecule has 2 aromatic heterocycles. The lowest BCUT2D eigenvalue weighted by Crippen LogP contribution is -2.50. The van der Waals surface area contributed by atoms with Crippen molar-refractivity contribution in [3.63, 3.8) is 0 Å². The highest BCUT2D eigenvalue weighted by molar-refractivity contribution is 5.94. The van der Waals surface area contributed by atoms with Crippen LogP contribution in [-0.2, 0) is 0 Å². The maximum Gasteiger partial charge on any atom is 0.158 e. The molecule has 0 aliphatic carbocycles. The minimum Gasteiger partial charge on any atom is -0.356 e. The predicted molar refractivity (Wildman–Crippen MR) is 127 cm³/mol. The van der Waals surface area contributed by atoms with E-state index in [1.165, 1.54) is 0 Å². The van der Waals surface area contributed by atoms with Gasteiger partial charge in [-0.25, -0.2) is 13.8 Å². The van der Waals surface area contributed by atoms with Crippen molar-refractivity contribution < 1.29 is 8.78 Å². The number of fused-ring (bicyclic) bond motifs is 1. The Kier molecular flexibility index (Phi) is 6.34. The lowest BCUT2D eigenvalue weighted by molar-refractivity contribution is 0.137. The number of hydrogen-bond acceptors (Lipinski definition) is 8. The van der Waals surface area contributed by atoms with E-state index in [1.54, 1.807) is 12.3 Å². The van der Waals surface area contributed by atoms with E-state index in [-0.39, 0.29) is 11.1 Å². The molecule has 3 aromatic rings. The Bertz CT molecular complexity index is 1260. The number of pyridine rings is 1. The first-order valence-corrected chi connectivity index (χ1v) is 11.1. The van der Waals surface area contributed by atoms with Crippen LogP contribution >= 0.6 is 0 Å². The van der Waals surface area contributed by atoms with Gasteiger partial charge in [0.2, 0.25) is 0 Å². The summed E-state index contributed by atoms with van der Waals surface area (Å²) in [4.78, 5) is 9.15. The number of nitriles is 1. The molecule has 0 unspecified atom stereocenters. The number of benzene rings is 1. The van der Waals surface area contributed by atoms with Gasteiger partial charge in [0.15, 0.2) is 5.82 Å². The zero-order valence-corrected chi connectivity index (χ0v) is 19.7.